The van der Waals surface area contributed by atoms with E-state index in [0.29, 0.717) is 16.5 Å². The molecule has 5 rings (SSSR count). The van der Waals surface area contributed by atoms with Gasteiger partial charge in [0.15, 0.2) is 0 Å². The minimum absolute atomic E-state index is 0.0825. The second-order valence-corrected chi connectivity index (χ2v) is 10.7. The first-order valence-electron chi connectivity index (χ1n) is 12.7. The number of aryl methyl sites for hydroxylation is 1. The molecule has 1 aliphatic heterocycles. The van der Waals surface area contributed by atoms with E-state index < -0.39 is 29.1 Å². The molecule has 0 radical (unpaired) electrons. The largest absolute Gasteiger partial charge is 0.457 e. The maximum atomic E-state index is 15.5. The summed E-state index contributed by atoms with van der Waals surface area (Å²) < 4.78 is 52.2. The highest BCUT2D eigenvalue weighted by Crippen LogP contribution is 2.51. The van der Waals surface area contributed by atoms with Gasteiger partial charge in [-0.05, 0) is 73.8 Å². The number of para-hydroxylation sites is 1. The molecule has 0 spiro atoms. The molecule has 214 valence electrons. The summed E-state index contributed by atoms with van der Waals surface area (Å²) in [6, 6.07) is 26.5. The average Bonchev–Trinajstić information content (AvgIpc) is 2.97. The van der Waals surface area contributed by atoms with Gasteiger partial charge in [0, 0.05) is 21.8 Å². The van der Waals surface area contributed by atoms with Crippen LogP contribution in [0.3, 0.4) is 0 Å². The van der Waals surface area contributed by atoms with Crippen molar-refractivity contribution >= 4 is 40.7 Å². The van der Waals surface area contributed by atoms with Crippen LogP contribution in [0.15, 0.2) is 114 Å². The highest BCUT2D eigenvalue weighted by atomic mass is 35.5. The van der Waals surface area contributed by atoms with Crippen LogP contribution >= 0.6 is 23.4 Å². The minimum atomic E-state index is -5.02. The number of carbonyl (C=O) groups excluding carboxylic acids is 2. The molecule has 0 aromatic heterocycles. The van der Waals surface area contributed by atoms with E-state index in [-0.39, 0.29) is 21.8 Å². The fourth-order valence-corrected chi connectivity index (χ4v) is 5.68. The molecule has 0 saturated carbocycles. The van der Waals surface area contributed by atoms with Gasteiger partial charge in [0.05, 0.1) is 5.03 Å². The molecule has 5 nitrogen and oxygen atoms in total. The zero-order chi connectivity index (χ0) is 30.1. The summed E-state index contributed by atoms with van der Waals surface area (Å²) in [6.07, 6.45) is -3.49. The highest BCUT2D eigenvalue weighted by Gasteiger charge is 2.65. The number of rotatable bonds is 7. The van der Waals surface area contributed by atoms with E-state index in [9.17, 15) is 9.59 Å². The van der Waals surface area contributed by atoms with Gasteiger partial charge in [-0.1, -0.05) is 59.6 Å². The third-order valence-corrected chi connectivity index (χ3v) is 7.78. The van der Waals surface area contributed by atoms with E-state index in [1.165, 1.54) is 66.9 Å². The normalized spacial score (nSPS) is 17.2. The molecule has 1 amide bonds. The molecule has 1 aliphatic rings. The number of anilines is 1. The molecule has 42 heavy (non-hydrogen) atoms. The van der Waals surface area contributed by atoms with Crippen LogP contribution in [-0.2, 0) is 10.5 Å². The highest BCUT2D eigenvalue weighted by molar-refractivity contribution is 8.02. The van der Waals surface area contributed by atoms with Crippen LogP contribution < -0.4 is 15.0 Å². The first-order chi connectivity index (χ1) is 20.0. The third-order valence-electron chi connectivity index (χ3n) is 6.75. The number of alkyl halides is 3. The van der Waals surface area contributed by atoms with Crippen molar-refractivity contribution in [2.24, 2.45) is 0 Å². The van der Waals surface area contributed by atoms with Crippen LogP contribution in [-0.4, -0.2) is 24.1 Å². The van der Waals surface area contributed by atoms with Crippen molar-refractivity contribution in [3.8, 4) is 11.5 Å². The summed E-state index contributed by atoms with van der Waals surface area (Å²) in [5.41, 5.74) is -2.73. The molecule has 1 heterocycles. The van der Waals surface area contributed by atoms with Gasteiger partial charge >= 0.3 is 6.18 Å². The monoisotopic (exact) mass is 608 g/mol. The van der Waals surface area contributed by atoms with Gasteiger partial charge in [0.2, 0.25) is 11.4 Å². The molecule has 1 N–H and O–H groups in total. The summed E-state index contributed by atoms with van der Waals surface area (Å²) in [5.74, 6) is -0.925. The number of hydrogen-bond donors (Lipinski definition) is 1. The van der Waals surface area contributed by atoms with E-state index >= 15 is 13.2 Å². The number of halogens is 4. The SMILES string of the molecule is CSC1=C(C(=O)c2ccc(Cl)cc2)C(=O)N[C@@](c2ccc(C)cc2)(C(F)(F)F)N1c1ccc(Oc2ccccc2)cc1. The Balaban J connectivity index is 1.73. The number of thioether (sulfide) groups is 1. The molecular weight excluding hydrogens is 585 g/mol. The van der Waals surface area contributed by atoms with Crippen molar-refractivity contribution in [1.82, 2.24) is 5.32 Å². The molecule has 0 unspecified atom stereocenters. The van der Waals surface area contributed by atoms with Crippen molar-refractivity contribution in [3.05, 3.63) is 135 Å². The van der Waals surface area contributed by atoms with Gasteiger partial charge in [0.25, 0.3) is 5.91 Å². The number of nitrogens with zero attached hydrogens (tertiary/aromatic N) is 1. The Morgan fingerprint density at radius 2 is 1.48 bits per heavy atom. The number of benzene rings is 4. The maximum absolute atomic E-state index is 15.5. The van der Waals surface area contributed by atoms with Crippen LogP contribution in [0, 0.1) is 6.92 Å². The standard InChI is InChI=1S/C32H24ClF3N2O3S/c1-20-8-12-22(13-9-20)31(32(34,35)36)37-29(40)27(28(39)21-10-14-23(33)15-11-21)30(42-2)38(31)24-16-18-26(19-17-24)41-25-6-4-3-5-7-25/h3-19H,1-2H3,(H,37,40)/t31-/m1/s1. The molecular formula is C32H24ClF3N2O3S. The molecule has 1 atom stereocenters. The maximum Gasteiger partial charge on any atom is 0.435 e. The van der Waals surface area contributed by atoms with Gasteiger partial charge < -0.3 is 10.1 Å². The number of ketones is 1. The van der Waals surface area contributed by atoms with Crippen LogP contribution in [0.5, 0.6) is 11.5 Å². The van der Waals surface area contributed by atoms with E-state index in [0.717, 1.165) is 22.2 Å². The summed E-state index contributed by atoms with van der Waals surface area (Å²) in [6.45, 7) is 1.75. The van der Waals surface area contributed by atoms with Crippen molar-refractivity contribution < 1.29 is 27.5 Å². The number of nitrogens with one attached hydrogen (secondary N) is 1. The summed E-state index contributed by atoms with van der Waals surface area (Å²) in [4.78, 5) is 28.2. The second-order valence-electron chi connectivity index (χ2n) is 9.49. The Morgan fingerprint density at radius 3 is 2.05 bits per heavy atom. The Morgan fingerprint density at radius 1 is 0.881 bits per heavy atom. The predicted molar refractivity (Wildman–Crippen MR) is 159 cm³/mol. The Labute approximate surface area is 249 Å². The summed E-state index contributed by atoms with van der Waals surface area (Å²) in [7, 11) is 0. The number of ether oxygens (including phenoxy) is 1. The van der Waals surface area contributed by atoms with Gasteiger partial charge in [0.1, 0.15) is 17.1 Å². The van der Waals surface area contributed by atoms with Crippen LogP contribution in [0.2, 0.25) is 5.02 Å². The van der Waals surface area contributed by atoms with Gasteiger partial charge in [-0.2, -0.15) is 13.2 Å². The van der Waals surface area contributed by atoms with E-state index in [2.05, 4.69) is 5.32 Å². The zero-order valence-electron chi connectivity index (χ0n) is 22.4. The lowest BCUT2D eigenvalue weighted by Gasteiger charge is -2.50. The van der Waals surface area contributed by atoms with Crippen LogP contribution in [0.25, 0.3) is 0 Å². The predicted octanol–water partition coefficient (Wildman–Crippen LogP) is 8.25. The molecule has 4 aromatic rings. The quantitative estimate of drug-likeness (QED) is 0.169. The number of amides is 1. The number of hydrogen-bond acceptors (Lipinski definition) is 5. The first-order valence-corrected chi connectivity index (χ1v) is 14.3. The van der Waals surface area contributed by atoms with Gasteiger partial charge in [-0.15, -0.1) is 11.8 Å². The average molecular weight is 609 g/mol. The van der Waals surface area contributed by atoms with E-state index in [4.69, 9.17) is 16.3 Å². The first kappa shape index (κ1) is 29.3. The summed E-state index contributed by atoms with van der Waals surface area (Å²) in [5, 5.41) is 2.41. The van der Waals surface area contributed by atoms with Crippen LogP contribution in [0.1, 0.15) is 21.5 Å². The minimum Gasteiger partial charge on any atom is -0.457 e. The smallest absolute Gasteiger partial charge is 0.435 e. The summed E-state index contributed by atoms with van der Waals surface area (Å²) >= 11 is 6.85. The molecule has 0 aliphatic carbocycles. The van der Waals surface area contributed by atoms with Crippen molar-refractivity contribution in [2.45, 2.75) is 18.8 Å². The number of Topliss-reactive ketones (excluding diaryl/α,β-unsaturated/α-hetero) is 1. The molecule has 10 heteroatoms. The van der Waals surface area contributed by atoms with Crippen molar-refractivity contribution in [3.63, 3.8) is 0 Å². The molecule has 4 aromatic carbocycles. The zero-order valence-corrected chi connectivity index (χ0v) is 24.0. The van der Waals surface area contributed by atoms with Gasteiger partial charge in [-0.3, -0.25) is 14.5 Å². The molecule has 0 fully saturated rings. The fourth-order valence-electron chi connectivity index (χ4n) is 4.74. The Hall–Kier alpha value is -4.21. The van der Waals surface area contributed by atoms with E-state index in [1.807, 2.05) is 6.07 Å². The van der Waals surface area contributed by atoms with E-state index in [1.54, 1.807) is 43.3 Å². The second kappa shape index (κ2) is 11.6. The van der Waals surface area contributed by atoms with Crippen LogP contribution in [0.4, 0.5) is 18.9 Å². The Kier molecular flexibility index (Phi) is 8.08. The number of carbonyl (C=O) groups is 2. The topological polar surface area (TPSA) is 58.6 Å². The molecule has 0 bridgehead atoms. The lowest BCUT2D eigenvalue weighted by Crippen LogP contribution is -2.69. The third kappa shape index (κ3) is 5.37. The lowest BCUT2D eigenvalue weighted by atomic mass is 9.90. The van der Waals surface area contributed by atoms with Crippen molar-refractivity contribution in [1.29, 1.82) is 0 Å². The van der Waals surface area contributed by atoms with Gasteiger partial charge in [-0.25, -0.2) is 0 Å². The lowest BCUT2D eigenvalue weighted by molar-refractivity contribution is -0.201. The molecule has 0 saturated heterocycles. The fraction of sp³-hybridized carbons (Fsp3) is 0.125. The van der Waals surface area contributed by atoms with Crippen molar-refractivity contribution in [2.75, 3.05) is 11.2 Å². The Bertz CT molecular complexity index is 1640.